The lowest BCUT2D eigenvalue weighted by Crippen LogP contribution is -2.42. The number of nitrogens with one attached hydrogen (secondary N) is 1. The molecule has 0 spiro atoms. The van der Waals surface area contributed by atoms with Crippen molar-refractivity contribution in [2.24, 2.45) is 0 Å². The molecule has 0 atom stereocenters. The van der Waals surface area contributed by atoms with Gasteiger partial charge in [-0.15, -0.1) is 0 Å². The van der Waals surface area contributed by atoms with Gasteiger partial charge < -0.3 is 21.9 Å². The molecule has 1 aromatic rings. The molecule has 5 heteroatoms. The molecule has 0 aliphatic heterocycles. The second kappa shape index (κ2) is 5.73. The van der Waals surface area contributed by atoms with E-state index in [1.165, 1.54) is 0 Å². The van der Waals surface area contributed by atoms with E-state index in [-0.39, 0.29) is 12.5 Å². The van der Waals surface area contributed by atoms with Crippen molar-refractivity contribution in [3.8, 4) is 0 Å². The molecule has 0 saturated carbocycles. The van der Waals surface area contributed by atoms with Crippen molar-refractivity contribution >= 4 is 17.3 Å². The zero-order valence-corrected chi connectivity index (χ0v) is 10.9. The number of anilines is 2. The summed E-state index contributed by atoms with van der Waals surface area (Å²) in [5, 5.41) is 12.8. The number of aliphatic hydroxyl groups is 1. The van der Waals surface area contributed by atoms with Gasteiger partial charge in [-0.05, 0) is 31.0 Å². The Bertz CT molecular complexity index is 408. The van der Waals surface area contributed by atoms with Crippen LogP contribution in [-0.2, 0) is 0 Å². The standard InChI is InChI=1S/C13H21N3O2/c1-3-13(18,4-2)8-16-12(17)9-5-10(14)7-11(15)6-9/h5-7,18H,3-4,8,14-15H2,1-2H3,(H,16,17). The van der Waals surface area contributed by atoms with E-state index in [2.05, 4.69) is 5.32 Å². The number of benzene rings is 1. The molecule has 0 radical (unpaired) electrons. The first-order chi connectivity index (χ1) is 8.40. The van der Waals surface area contributed by atoms with Crippen LogP contribution in [-0.4, -0.2) is 23.2 Å². The van der Waals surface area contributed by atoms with Crippen molar-refractivity contribution in [3.63, 3.8) is 0 Å². The quantitative estimate of drug-likeness (QED) is 0.589. The molecule has 18 heavy (non-hydrogen) atoms. The van der Waals surface area contributed by atoms with E-state index in [1.54, 1.807) is 18.2 Å². The average molecular weight is 251 g/mol. The molecule has 0 aromatic heterocycles. The first-order valence-corrected chi connectivity index (χ1v) is 6.07. The van der Waals surface area contributed by atoms with Gasteiger partial charge in [-0.1, -0.05) is 13.8 Å². The molecular formula is C13H21N3O2. The van der Waals surface area contributed by atoms with E-state index < -0.39 is 5.60 Å². The van der Waals surface area contributed by atoms with Gasteiger partial charge in [-0.2, -0.15) is 0 Å². The van der Waals surface area contributed by atoms with Crippen LogP contribution >= 0.6 is 0 Å². The molecule has 100 valence electrons. The first kappa shape index (κ1) is 14.3. The summed E-state index contributed by atoms with van der Waals surface area (Å²) < 4.78 is 0. The first-order valence-electron chi connectivity index (χ1n) is 6.07. The minimum absolute atomic E-state index is 0.216. The van der Waals surface area contributed by atoms with Gasteiger partial charge in [0.25, 0.3) is 5.91 Å². The Hall–Kier alpha value is -1.75. The predicted molar refractivity (Wildman–Crippen MR) is 73.1 cm³/mol. The molecule has 1 rings (SSSR count). The summed E-state index contributed by atoms with van der Waals surface area (Å²) in [5.41, 5.74) is 11.7. The maximum Gasteiger partial charge on any atom is 0.251 e. The van der Waals surface area contributed by atoms with Gasteiger partial charge in [0.15, 0.2) is 0 Å². The molecule has 0 fully saturated rings. The van der Waals surface area contributed by atoms with Gasteiger partial charge in [0, 0.05) is 23.5 Å². The number of carbonyl (C=O) groups is 1. The zero-order chi connectivity index (χ0) is 13.8. The smallest absolute Gasteiger partial charge is 0.251 e. The molecule has 0 heterocycles. The van der Waals surface area contributed by atoms with Crippen LogP contribution in [0.3, 0.4) is 0 Å². The highest BCUT2D eigenvalue weighted by atomic mass is 16.3. The minimum Gasteiger partial charge on any atom is -0.399 e. The Labute approximate surface area is 107 Å². The van der Waals surface area contributed by atoms with E-state index >= 15 is 0 Å². The van der Waals surface area contributed by atoms with Crippen LogP contribution in [0.25, 0.3) is 0 Å². The van der Waals surface area contributed by atoms with Crippen molar-refractivity contribution in [2.45, 2.75) is 32.3 Å². The van der Waals surface area contributed by atoms with Gasteiger partial charge >= 0.3 is 0 Å². The summed E-state index contributed by atoms with van der Waals surface area (Å²) in [5.74, 6) is -0.283. The molecular weight excluding hydrogens is 230 g/mol. The van der Waals surface area contributed by atoms with Crippen LogP contribution in [0.1, 0.15) is 37.0 Å². The molecule has 0 aliphatic rings. The molecule has 0 aliphatic carbocycles. The van der Waals surface area contributed by atoms with Gasteiger partial charge in [-0.25, -0.2) is 0 Å². The summed E-state index contributed by atoms with van der Waals surface area (Å²) in [4.78, 5) is 11.9. The fourth-order valence-electron chi connectivity index (χ4n) is 1.65. The van der Waals surface area contributed by atoms with Gasteiger partial charge in [0.05, 0.1) is 5.60 Å². The molecule has 1 amide bonds. The van der Waals surface area contributed by atoms with E-state index in [9.17, 15) is 9.90 Å². The summed E-state index contributed by atoms with van der Waals surface area (Å²) in [6.07, 6.45) is 1.17. The zero-order valence-electron chi connectivity index (χ0n) is 10.9. The largest absolute Gasteiger partial charge is 0.399 e. The SMILES string of the molecule is CCC(O)(CC)CNC(=O)c1cc(N)cc(N)c1. The number of hydrogen-bond donors (Lipinski definition) is 4. The van der Waals surface area contributed by atoms with E-state index in [4.69, 9.17) is 11.5 Å². The van der Waals surface area contributed by atoms with Crippen molar-refractivity contribution < 1.29 is 9.90 Å². The third-order valence-corrected chi connectivity index (χ3v) is 3.13. The van der Waals surface area contributed by atoms with Crippen molar-refractivity contribution in [1.82, 2.24) is 5.32 Å². The normalized spacial score (nSPS) is 11.3. The molecule has 0 unspecified atom stereocenters. The van der Waals surface area contributed by atoms with Crippen LogP contribution in [0.5, 0.6) is 0 Å². The topological polar surface area (TPSA) is 101 Å². The summed E-state index contributed by atoms with van der Waals surface area (Å²) in [7, 11) is 0. The molecule has 6 N–H and O–H groups in total. The lowest BCUT2D eigenvalue weighted by atomic mass is 9.97. The summed E-state index contributed by atoms with van der Waals surface area (Å²) in [6, 6.07) is 4.70. The van der Waals surface area contributed by atoms with Crippen LogP contribution in [0.15, 0.2) is 18.2 Å². The third kappa shape index (κ3) is 3.63. The van der Waals surface area contributed by atoms with Crippen molar-refractivity contribution in [3.05, 3.63) is 23.8 Å². The number of amides is 1. The highest BCUT2D eigenvalue weighted by molar-refractivity contribution is 5.96. The number of rotatable bonds is 5. The van der Waals surface area contributed by atoms with Crippen LogP contribution in [0.2, 0.25) is 0 Å². The Morgan fingerprint density at radius 2 is 1.72 bits per heavy atom. The lowest BCUT2D eigenvalue weighted by molar-refractivity contribution is 0.0314. The van der Waals surface area contributed by atoms with Crippen molar-refractivity contribution in [1.29, 1.82) is 0 Å². The Morgan fingerprint density at radius 1 is 1.22 bits per heavy atom. The fourth-order valence-corrected chi connectivity index (χ4v) is 1.65. The average Bonchev–Trinajstić information content (AvgIpc) is 2.34. The summed E-state index contributed by atoms with van der Waals surface area (Å²) in [6.45, 7) is 3.98. The van der Waals surface area contributed by atoms with Crippen molar-refractivity contribution in [2.75, 3.05) is 18.0 Å². The maximum absolute atomic E-state index is 11.9. The second-order valence-electron chi connectivity index (χ2n) is 4.50. The van der Waals surface area contributed by atoms with Gasteiger partial charge in [0.1, 0.15) is 0 Å². The molecule has 0 saturated heterocycles. The van der Waals surface area contributed by atoms with E-state index in [1.807, 2.05) is 13.8 Å². The predicted octanol–water partition coefficient (Wildman–Crippen LogP) is 1.13. The monoisotopic (exact) mass is 251 g/mol. The number of carbonyl (C=O) groups excluding carboxylic acids is 1. The highest BCUT2D eigenvalue weighted by Crippen LogP contribution is 2.15. The third-order valence-electron chi connectivity index (χ3n) is 3.13. The number of hydrogen-bond acceptors (Lipinski definition) is 4. The maximum atomic E-state index is 11.9. The second-order valence-corrected chi connectivity index (χ2v) is 4.50. The van der Waals surface area contributed by atoms with Gasteiger partial charge in [-0.3, -0.25) is 4.79 Å². The molecule has 1 aromatic carbocycles. The van der Waals surface area contributed by atoms with Crippen LogP contribution < -0.4 is 16.8 Å². The Kier molecular flexibility index (Phi) is 4.55. The number of nitrogens with two attached hydrogens (primary N) is 2. The summed E-state index contributed by atoms with van der Waals surface area (Å²) >= 11 is 0. The molecule has 0 bridgehead atoms. The fraction of sp³-hybridized carbons (Fsp3) is 0.462. The van der Waals surface area contributed by atoms with Crippen LogP contribution in [0, 0.1) is 0 Å². The Balaban J connectivity index is 2.71. The number of nitrogen functional groups attached to an aromatic ring is 2. The molecule has 5 nitrogen and oxygen atoms in total. The highest BCUT2D eigenvalue weighted by Gasteiger charge is 2.23. The van der Waals surface area contributed by atoms with E-state index in [0.29, 0.717) is 29.8 Å². The van der Waals surface area contributed by atoms with Gasteiger partial charge in [0.2, 0.25) is 0 Å². The Morgan fingerprint density at radius 3 is 2.17 bits per heavy atom. The lowest BCUT2D eigenvalue weighted by Gasteiger charge is -2.25. The van der Waals surface area contributed by atoms with Crippen LogP contribution in [0.4, 0.5) is 11.4 Å². The van der Waals surface area contributed by atoms with E-state index in [0.717, 1.165) is 0 Å². The minimum atomic E-state index is -0.860.